The summed E-state index contributed by atoms with van der Waals surface area (Å²) in [4.78, 5) is 12.1. The number of halogens is 1. The molecule has 0 unspecified atom stereocenters. The summed E-state index contributed by atoms with van der Waals surface area (Å²) in [5.74, 6) is -0.0789. The Balaban J connectivity index is 2.48. The zero-order chi connectivity index (χ0) is 13.9. The third kappa shape index (κ3) is 2.59. The lowest BCUT2D eigenvalue weighted by atomic mass is 9.83. The van der Waals surface area contributed by atoms with E-state index in [4.69, 9.17) is 16.3 Å². The van der Waals surface area contributed by atoms with Gasteiger partial charge in [-0.1, -0.05) is 36.4 Å². The van der Waals surface area contributed by atoms with Crippen LogP contribution >= 0.6 is 11.6 Å². The highest BCUT2D eigenvalue weighted by molar-refractivity contribution is 6.20. The monoisotopic (exact) mass is 276 g/mol. The van der Waals surface area contributed by atoms with Crippen molar-refractivity contribution in [2.45, 2.75) is 19.3 Å². The molecule has 100 valence electrons. The van der Waals surface area contributed by atoms with Gasteiger partial charge in [-0.2, -0.15) is 0 Å². The molecule has 0 radical (unpaired) electrons. The van der Waals surface area contributed by atoms with Crippen LogP contribution in [0.4, 0.5) is 0 Å². The van der Waals surface area contributed by atoms with Gasteiger partial charge in [0.2, 0.25) is 0 Å². The van der Waals surface area contributed by atoms with Gasteiger partial charge >= 0.3 is 5.97 Å². The molecule has 0 aliphatic carbocycles. The molecular formula is C16H17ClO2. The van der Waals surface area contributed by atoms with Crippen molar-refractivity contribution < 1.29 is 9.53 Å². The van der Waals surface area contributed by atoms with Crippen LogP contribution in [-0.2, 0) is 14.9 Å². The zero-order valence-electron chi connectivity index (χ0n) is 11.2. The fourth-order valence-electron chi connectivity index (χ4n) is 2.07. The Morgan fingerprint density at radius 2 is 1.89 bits per heavy atom. The van der Waals surface area contributed by atoms with Gasteiger partial charge in [0.1, 0.15) is 5.41 Å². The molecule has 2 aromatic carbocycles. The molecule has 0 heterocycles. The first kappa shape index (κ1) is 13.9. The molecule has 0 saturated heterocycles. The Hall–Kier alpha value is -1.54. The maximum absolute atomic E-state index is 12.1. The summed E-state index contributed by atoms with van der Waals surface area (Å²) >= 11 is 6.02. The molecule has 0 amide bonds. The summed E-state index contributed by atoms with van der Waals surface area (Å²) in [7, 11) is 0. The minimum atomic E-state index is -0.804. The predicted octanol–water partition coefficient (Wildman–Crippen LogP) is 3.90. The molecule has 0 saturated carbocycles. The average Bonchev–Trinajstić information content (AvgIpc) is 2.46. The molecule has 0 spiro atoms. The third-order valence-electron chi connectivity index (χ3n) is 3.38. The topological polar surface area (TPSA) is 26.3 Å². The second kappa shape index (κ2) is 5.62. The number of ether oxygens (including phenoxy) is 1. The predicted molar refractivity (Wildman–Crippen MR) is 78.7 cm³/mol. The Kier molecular flexibility index (Phi) is 4.11. The quantitative estimate of drug-likeness (QED) is 0.625. The minimum absolute atomic E-state index is 0.199. The van der Waals surface area contributed by atoms with E-state index in [2.05, 4.69) is 0 Å². The molecule has 0 N–H and O–H groups in total. The summed E-state index contributed by atoms with van der Waals surface area (Å²) in [6.45, 7) is 3.98. The smallest absolute Gasteiger partial charge is 0.317 e. The van der Waals surface area contributed by atoms with Crippen LogP contribution in [0.15, 0.2) is 42.5 Å². The van der Waals surface area contributed by atoms with Gasteiger partial charge in [0.05, 0.1) is 6.61 Å². The average molecular weight is 277 g/mol. The van der Waals surface area contributed by atoms with Crippen LogP contribution in [0.2, 0.25) is 0 Å². The Bertz CT molecular complexity index is 594. The van der Waals surface area contributed by atoms with Crippen molar-refractivity contribution in [2.24, 2.45) is 0 Å². The van der Waals surface area contributed by atoms with E-state index in [0.717, 1.165) is 16.3 Å². The normalized spacial score (nSPS) is 14.1. The van der Waals surface area contributed by atoms with E-state index in [1.165, 1.54) is 0 Å². The Morgan fingerprint density at radius 1 is 1.21 bits per heavy atom. The second-order valence-electron chi connectivity index (χ2n) is 4.75. The van der Waals surface area contributed by atoms with Gasteiger partial charge in [-0.3, -0.25) is 4.79 Å². The van der Waals surface area contributed by atoms with Crippen LogP contribution in [0, 0.1) is 0 Å². The van der Waals surface area contributed by atoms with E-state index in [9.17, 15) is 4.79 Å². The van der Waals surface area contributed by atoms with Gasteiger partial charge in [-0.25, -0.2) is 0 Å². The summed E-state index contributed by atoms with van der Waals surface area (Å²) < 4.78 is 5.14. The summed E-state index contributed by atoms with van der Waals surface area (Å²) in [6.07, 6.45) is 0. The van der Waals surface area contributed by atoms with Crippen molar-refractivity contribution >= 4 is 28.3 Å². The van der Waals surface area contributed by atoms with Crippen LogP contribution in [-0.4, -0.2) is 18.5 Å². The zero-order valence-corrected chi connectivity index (χ0v) is 11.9. The van der Waals surface area contributed by atoms with Crippen molar-refractivity contribution in [1.29, 1.82) is 0 Å². The van der Waals surface area contributed by atoms with Gasteiger partial charge in [-0.15, -0.1) is 11.6 Å². The number of rotatable bonds is 4. The molecule has 1 atom stereocenters. The highest BCUT2D eigenvalue weighted by Gasteiger charge is 2.36. The molecule has 0 aromatic heterocycles. The number of carbonyl (C=O) groups excluding carboxylic acids is 1. The summed E-state index contributed by atoms with van der Waals surface area (Å²) in [6, 6.07) is 14.0. The number of esters is 1. The van der Waals surface area contributed by atoms with Crippen molar-refractivity contribution in [1.82, 2.24) is 0 Å². The maximum Gasteiger partial charge on any atom is 0.317 e. The lowest BCUT2D eigenvalue weighted by molar-refractivity contribution is -0.148. The van der Waals surface area contributed by atoms with Crippen molar-refractivity contribution in [3.05, 3.63) is 48.0 Å². The molecule has 0 fully saturated rings. The first-order chi connectivity index (χ1) is 9.11. The van der Waals surface area contributed by atoms with E-state index in [1.807, 2.05) is 49.4 Å². The Labute approximate surface area is 118 Å². The molecule has 2 rings (SSSR count). The van der Waals surface area contributed by atoms with Crippen LogP contribution in [0.1, 0.15) is 19.4 Å². The number of alkyl halides is 1. The van der Waals surface area contributed by atoms with Crippen molar-refractivity contribution in [3.8, 4) is 0 Å². The summed E-state index contributed by atoms with van der Waals surface area (Å²) in [5, 5.41) is 2.24. The molecule has 2 aromatic rings. The van der Waals surface area contributed by atoms with Gasteiger partial charge in [0.25, 0.3) is 0 Å². The minimum Gasteiger partial charge on any atom is -0.465 e. The number of carbonyl (C=O) groups is 1. The number of fused-ring (bicyclic) bond motifs is 1. The standard InChI is InChI=1S/C16H17ClO2/c1-3-19-15(18)16(2,11-17)14-9-8-12-6-4-5-7-13(12)10-14/h4-10H,3,11H2,1-2H3/t16-/m1/s1. The van der Waals surface area contributed by atoms with E-state index in [0.29, 0.717) is 6.61 Å². The van der Waals surface area contributed by atoms with Crippen molar-refractivity contribution in [2.75, 3.05) is 12.5 Å². The Morgan fingerprint density at radius 3 is 2.53 bits per heavy atom. The van der Waals surface area contributed by atoms with Crippen LogP contribution < -0.4 is 0 Å². The van der Waals surface area contributed by atoms with E-state index >= 15 is 0 Å². The fraction of sp³-hybridized carbons (Fsp3) is 0.312. The van der Waals surface area contributed by atoms with E-state index in [1.54, 1.807) is 6.92 Å². The van der Waals surface area contributed by atoms with Gasteiger partial charge in [0, 0.05) is 5.88 Å². The van der Waals surface area contributed by atoms with Gasteiger partial charge in [0.15, 0.2) is 0 Å². The highest BCUT2D eigenvalue weighted by Crippen LogP contribution is 2.29. The maximum atomic E-state index is 12.1. The molecular weight excluding hydrogens is 260 g/mol. The van der Waals surface area contributed by atoms with E-state index < -0.39 is 5.41 Å². The van der Waals surface area contributed by atoms with E-state index in [-0.39, 0.29) is 11.8 Å². The molecule has 2 nitrogen and oxygen atoms in total. The molecule has 0 bridgehead atoms. The first-order valence-corrected chi connectivity index (χ1v) is 6.87. The largest absolute Gasteiger partial charge is 0.465 e. The number of hydrogen-bond acceptors (Lipinski definition) is 2. The molecule has 0 aliphatic rings. The molecule has 0 aliphatic heterocycles. The van der Waals surface area contributed by atoms with Gasteiger partial charge in [-0.05, 0) is 36.2 Å². The van der Waals surface area contributed by atoms with Gasteiger partial charge < -0.3 is 4.74 Å². The first-order valence-electron chi connectivity index (χ1n) is 6.34. The number of benzene rings is 2. The lowest BCUT2D eigenvalue weighted by Crippen LogP contribution is -2.36. The lowest BCUT2D eigenvalue weighted by Gasteiger charge is -2.25. The van der Waals surface area contributed by atoms with Crippen LogP contribution in [0.3, 0.4) is 0 Å². The highest BCUT2D eigenvalue weighted by atomic mass is 35.5. The van der Waals surface area contributed by atoms with Crippen LogP contribution in [0.25, 0.3) is 10.8 Å². The summed E-state index contributed by atoms with van der Waals surface area (Å²) in [5.41, 5.74) is 0.0846. The second-order valence-corrected chi connectivity index (χ2v) is 5.02. The molecule has 3 heteroatoms. The van der Waals surface area contributed by atoms with Crippen molar-refractivity contribution in [3.63, 3.8) is 0 Å². The van der Waals surface area contributed by atoms with Crippen LogP contribution in [0.5, 0.6) is 0 Å². The third-order valence-corrected chi connectivity index (χ3v) is 3.91. The number of hydrogen-bond donors (Lipinski definition) is 0. The molecule has 19 heavy (non-hydrogen) atoms. The SMILES string of the molecule is CCOC(=O)[C@](C)(CCl)c1ccc2ccccc2c1. The fourth-order valence-corrected chi connectivity index (χ4v) is 2.34.